The molecule has 0 unspecified atom stereocenters. The second-order valence-corrected chi connectivity index (χ2v) is 6.82. The minimum atomic E-state index is 0.0897. The quantitative estimate of drug-likeness (QED) is 0.934. The lowest BCUT2D eigenvalue weighted by molar-refractivity contribution is 0.423. The monoisotopic (exact) mass is 283 g/mol. The van der Waals surface area contributed by atoms with Gasteiger partial charge in [0.25, 0.3) is 0 Å². The Balaban J connectivity index is 2.11. The van der Waals surface area contributed by atoms with Gasteiger partial charge < -0.3 is 5.32 Å². The molecule has 0 saturated heterocycles. The number of aromatic nitrogens is 4. The molecule has 0 aliphatic rings. The highest BCUT2D eigenvalue weighted by molar-refractivity contribution is 7.19. The molecule has 7 heteroatoms. The molecule has 18 heavy (non-hydrogen) atoms. The second kappa shape index (κ2) is 5.38. The van der Waals surface area contributed by atoms with Gasteiger partial charge in [-0.15, -0.1) is 15.3 Å². The normalized spacial score (nSPS) is 12.0. The molecule has 1 N–H and O–H groups in total. The maximum atomic E-state index is 4.23. The number of hydrogen-bond acceptors (Lipinski definition) is 7. The zero-order valence-corrected chi connectivity index (χ0v) is 12.7. The summed E-state index contributed by atoms with van der Waals surface area (Å²) < 4.78 is 3.98. The van der Waals surface area contributed by atoms with E-state index in [0.29, 0.717) is 0 Å². The van der Waals surface area contributed by atoms with Gasteiger partial charge in [0.15, 0.2) is 5.01 Å². The van der Waals surface area contributed by atoms with Crippen LogP contribution in [0.25, 0.3) is 9.88 Å². The van der Waals surface area contributed by atoms with Gasteiger partial charge >= 0.3 is 0 Å². The minimum absolute atomic E-state index is 0.0897. The van der Waals surface area contributed by atoms with Crippen LogP contribution >= 0.6 is 22.9 Å². The van der Waals surface area contributed by atoms with Crippen molar-refractivity contribution < 1.29 is 0 Å². The Labute approximate surface area is 115 Å². The standard InChI is InChI=1S/C11H17N5S2/c1-5-7-9(18-16-13-7)10-15-14-8(17-10)6-12-11(2,3)4/h12H,5-6H2,1-4H3. The van der Waals surface area contributed by atoms with Crippen molar-refractivity contribution >= 4 is 22.9 Å². The van der Waals surface area contributed by atoms with E-state index in [1.54, 1.807) is 11.3 Å². The van der Waals surface area contributed by atoms with Crippen LogP contribution in [0.3, 0.4) is 0 Å². The third kappa shape index (κ3) is 3.30. The summed E-state index contributed by atoms with van der Waals surface area (Å²) in [7, 11) is 0. The van der Waals surface area contributed by atoms with Gasteiger partial charge in [0.05, 0.1) is 12.2 Å². The maximum Gasteiger partial charge on any atom is 0.161 e. The summed E-state index contributed by atoms with van der Waals surface area (Å²) in [6.45, 7) is 9.23. The Morgan fingerprint density at radius 1 is 1.17 bits per heavy atom. The topological polar surface area (TPSA) is 63.6 Å². The molecule has 0 aliphatic carbocycles. The summed E-state index contributed by atoms with van der Waals surface area (Å²) >= 11 is 3.00. The molecule has 2 aromatic rings. The Bertz CT molecular complexity index is 511. The zero-order chi connectivity index (χ0) is 13.2. The van der Waals surface area contributed by atoms with E-state index in [9.17, 15) is 0 Å². The van der Waals surface area contributed by atoms with Crippen LogP contribution in [-0.2, 0) is 13.0 Å². The van der Waals surface area contributed by atoms with Gasteiger partial charge in [0.2, 0.25) is 0 Å². The number of rotatable bonds is 4. The van der Waals surface area contributed by atoms with Gasteiger partial charge in [-0.05, 0) is 38.7 Å². The van der Waals surface area contributed by atoms with Crippen molar-refractivity contribution in [3.05, 3.63) is 10.7 Å². The lowest BCUT2D eigenvalue weighted by atomic mass is 10.1. The van der Waals surface area contributed by atoms with Gasteiger partial charge in [0, 0.05) is 5.54 Å². The molecular formula is C11H17N5S2. The highest BCUT2D eigenvalue weighted by Gasteiger charge is 2.15. The molecule has 0 bridgehead atoms. The Hall–Kier alpha value is -0.920. The van der Waals surface area contributed by atoms with Crippen molar-refractivity contribution in [2.24, 2.45) is 0 Å². The SMILES string of the molecule is CCc1nnsc1-c1nnc(CNC(C)(C)C)s1. The average Bonchev–Trinajstić information content (AvgIpc) is 2.93. The third-order valence-corrected chi connectivity index (χ3v) is 4.17. The van der Waals surface area contributed by atoms with Crippen LogP contribution in [0.1, 0.15) is 38.4 Å². The van der Waals surface area contributed by atoms with Crippen molar-refractivity contribution in [2.45, 2.75) is 46.2 Å². The predicted octanol–water partition coefficient (Wildman–Crippen LogP) is 2.51. The van der Waals surface area contributed by atoms with E-state index in [2.05, 4.69) is 52.8 Å². The van der Waals surface area contributed by atoms with Crippen molar-refractivity contribution in [2.75, 3.05) is 0 Å². The van der Waals surface area contributed by atoms with E-state index in [1.165, 1.54) is 11.5 Å². The molecule has 2 aromatic heterocycles. The van der Waals surface area contributed by atoms with Gasteiger partial charge in [0.1, 0.15) is 9.88 Å². The molecule has 0 fully saturated rings. The summed E-state index contributed by atoms with van der Waals surface area (Å²) in [4.78, 5) is 1.05. The largest absolute Gasteiger partial charge is 0.306 e. The maximum absolute atomic E-state index is 4.23. The van der Waals surface area contributed by atoms with Crippen LogP contribution in [0.15, 0.2) is 0 Å². The van der Waals surface area contributed by atoms with Gasteiger partial charge in [-0.25, -0.2) is 0 Å². The van der Waals surface area contributed by atoms with Crippen LogP contribution in [0, 0.1) is 0 Å². The number of hydrogen-bond donors (Lipinski definition) is 1. The average molecular weight is 283 g/mol. The van der Waals surface area contributed by atoms with Crippen LogP contribution in [0.5, 0.6) is 0 Å². The Morgan fingerprint density at radius 2 is 1.94 bits per heavy atom. The highest BCUT2D eigenvalue weighted by Crippen LogP contribution is 2.29. The molecule has 5 nitrogen and oxygen atoms in total. The first-order chi connectivity index (χ1) is 8.49. The van der Waals surface area contributed by atoms with Gasteiger partial charge in [-0.3, -0.25) is 0 Å². The molecule has 2 rings (SSSR count). The molecule has 0 spiro atoms. The smallest absolute Gasteiger partial charge is 0.161 e. The number of aryl methyl sites for hydroxylation is 1. The van der Waals surface area contributed by atoms with Crippen molar-refractivity contribution in [1.82, 2.24) is 25.1 Å². The second-order valence-electron chi connectivity index (χ2n) is 5.01. The molecule has 98 valence electrons. The van der Waals surface area contributed by atoms with Crippen LogP contribution in [-0.4, -0.2) is 25.3 Å². The molecule has 0 saturated carbocycles. The van der Waals surface area contributed by atoms with Gasteiger partial charge in [-0.1, -0.05) is 22.7 Å². The third-order valence-electron chi connectivity index (χ3n) is 2.32. The first kappa shape index (κ1) is 13.5. The van der Waals surface area contributed by atoms with Crippen molar-refractivity contribution in [1.29, 1.82) is 0 Å². The van der Waals surface area contributed by atoms with Crippen molar-refractivity contribution in [3.63, 3.8) is 0 Å². The van der Waals surface area contributed by atoms with Crippen molar-refractivity contribution in [3.8, 4) is 9.88 Å². The van der Waals surface area contributed by atoms with Gasteiger partial charge in [-0.2, -0.15) is 0 Å². The first-order valence-corrected chi connectivity index (χ1v) is 7.47. The van der Waals surface area contributed by atoms with E-state index < -0.39 is 0 Å². The number of nitrogens with one attached hydrogen (secondary N) is 1. The summed E-state index contributed by atoms with van der Waals surface area (Å²) in [5.41, 5.74) is 1.10. The summed E-state index contributed by atoms with van der Waals surface area (Å²) in [5.74, 6) is 0. The van der Waals surface area contributed by atoms with Crippen LogP contribution in [0.4, 0.5) is 0 Å². The lowest BCUT2D eigenvalue weighted by Gasteiger charge is -2.19. The van der Waals surface area contributed by atoms with E-state index in [-0.39, 0.29) is 5.54 Å². The van der Waals surface area contributed by atoms with E-state index >= 15 is 0 Å². The fourth-order valence-electron chi connectivity index (χ4n) is 1.36. The fraction of sp³-hybridized carbons (Fsp3) is 0.636. The molecule has 0 amide bonds. The molecule has 2 heterocycles. The molecule has 0 radical (unpaired) electrons. The summed E-state index contributed by atoms with van der Waals surface area (Å²) in [5, 5.41) is 17.9. The fourth-order valence-corrected chi connectivity index (χ4v) is 2.97. The highest BCUT2D eigenvalue weighted by atomic mass is 32.1. The number of nitrogens with zero attached hydrogens (tertiary/aromatic N) is 4. The zero-order valence-electron chi connectivity index (χ0n) is 11.0. The molecule has 0 atom stereocenters. The Morgan fingerprint density at radius 3 is 2.61 bits per heavy atom. The van der Waals surface area contributed by atoms with Crippen LogP contribution < -0.4 is 5.32 Å². The minimum Gasteiger partial charge on any atom is -0.306 e. The van der Waals surface area contributed by atoms with Crippen LogP contribution in [0.2, 0.25) is 0 Å². The Kier molecular flexibility index (Phi) is 4.04. The summed E-state index contributed by atoms with van der Waals surface area (Å²) in [6, 6.07) is 0. The molecular weight excluding hydrogens is 266 g/mol. The van der Waals surface area contributed by atoms with E-state index in [0.717, 1.165) is 33.6 Å². The first-order valence-electron chi connectivity index (χ1n) is 5.88. The van der Waals surface area contributed by atoms with E-state index in [4.69, 9.17) is 0 Å². The predicted molar refractivity (Wildman–Crippen MR) is 74.8 cm³/mol. The summed E-state index contributed by atoms with van der Waals surface area (Å²) in [6.07, 6.45) is 0.876. The van der Waals surface area contributed by atoms with E-state index in [1.807, 2.05) is 0 Å². The lowest BCUT2D eigenvalue weighted by Crippen LogP contribution is -2.35. The molecule has 0 aromatic carbocycles. The molecule has 0 aliphatic heterocycles.